The number of aliphatic hydroxyl groups is 1. The Labute approximate surface area is 99.4 Å². The molecule has 96 valence electrons. The third kappa shape index (κ3) is 2.96. The molecular formula is C13H27NO2. The molecule has 3 N–H and O–H groups in total. The minimum Gasteiger partial charge on any atom is -0.387 e. The van der Waals surface area contributed by atoms with Crippen LogP contribution in [0, 0.1) is 5.41 Å². The van der Waals surface area contributed by atoms with Crippen LogP contribution >= 0.6 is 0 Å². The van der Waals surface area contributed by atoms with Crippen molar-refractivity contribution in [2.24, 2.45) is 11.1 Å². The maximum absolute atomic E-state index is 10.6. The van der Waals surface area contributed by atoms with Crippen molar-refractivity contribution in [1.29, 1.82) is 0 Å². The van der Waals surface area contributed by atoms with Crippen LogP contribution in [-0.4, -0.2) is 30.5 Å². The maximum atomic E-state index is 10.6. The monoisotopic (exact) mass is 229 g/mol. The number of hydrogen-bond acceptors (Lipinski definition) is 3. The molecule has 0 aromatic carbocycles. The zero-order valence-electron chi connectivity index (χ0n) is 10.8. The fraction of sp³-hybridized carbons (Fsp3) is 1.00. The summed E-state index contributed by atoms with van der Waals surface area (Å²) in [6.45, 7) is 5.46. The highest BCUT2D eigenvalue weighted by Gasteiger charge is 2.45. The third-order valence-corrected chi connectivity index (χ3v) is 4.18. The van der Waals surface area contributed by atoms with Gasteiger partial charge in [0.15, 0.2) is 0 Å². The Morgan fingerprint density at radius 1 is 1.25 bits per heavy atom. The standard InChI is InChI=1S/C13H27NO2/c1-3-16-11-12(2,15)13(10-14)8-6-4-5-7-9-13/h15H,3-11,14H2,1-2H3. The van der Waals surface area contributed by atoms with Crippen LogP contribution < -0.4 is 5.73 Å². The van der Waals surface area contributed by atoms with Crippen LogP contribution in [0.2, 0.25) is 0 Å². The summed E-state index contributed by atoms with van der Waals surface area (Å²) in [7, 11) is 0. The number of ether oxygens (including phenoxy) is 1. The number of hydrogen-bond donors (Lipinski definition) is 2. The van der Waals surface area contributed by atoms with Gasteiger partial charge in [0.1, 0.15) is 0 Å². The van der Waals surface area contributed by atoms with E-state index in [1.54, 1.807) is 0 Å². The second-order valence-corrected chi connectivity index (χ2v) is 5.31. The highest BCUT2D eigenvalue weighted by molar-refractivity contribution is 4.97. The molecule has 3 heteroatoms. The molecule has 1 unspecified atom stereocenters. The molecule has 1 fully saturated rings. The molecule has 0 heterocycles. The molecule has 16 heavy (non-hydrogen) atoms. The summed E-state index contributed by atoms with van der Waals surface area (Å²) in [6, 6.07) is 0. The zero-order valence-corrected chi connectivity index (χ0v) is 10.8. The van der Waals surface area contributed by atoms with E-state index >= 15 is 0 Å². The van der Waals surface area contributed by atoms with Gasteiger partial charge < -0.3 is 15.6 Å². The van der Waals surface area contributed by atoms with Gasteiger partial charge in [-0.05, 0) is 26.7 Å². The van der Waals surface area contributed by atoms with Crippen molar-refractivity contribution < 1.29 is 9.84 Å². The van der Waals surface area contributed by atoms with Gasteiger partial charge in [-0.2, -0.15) is 0 Å². The fourth-order valence-corrected chi connectivity index (χ4v) is 2.82. The van der Waals surface area contributed by atoms with Gasteiger partial charge in [0.25, 0.3) is 0 Å². The van der Waals surface area contributed by atoms with E-state index in [2.05, 4.69) is 0 Å². The van der Waals surface area contributed by atoms with Crippen molar-refractivity contribution in [3.8, 4) is 0 Å². The van der Waals surface area contributed by atoms with Gasteiger partial charge in [0.05, 0.1) is 12.2 Å². The third-order valence-electron chi connectivity index (χ3n) is 4.18. The zero-order chi connectivity index (χ0) is 12.1. The van der Waals surface area contributed by atoms with E-state index < -0.39 is 5.60 Å². The van der Waals surface area contributed by atoms with Crippen molar-refractivity contribution in [3.05, 3.63) is 0 Å². The van der Waals surface area contributed by atoms with Crippen LogP contribution in [0.25, 0.3) is 0 Å². The summed E-state index contributed by atoms with van der Waals surface area (Å²) in [5.74, 6) is 0. The Morgan fingerprint density at radius 2 is 1.81 bits per heavy atom. The normalized spacial score (nSPS) is 24.8. The molecule has 1 atom stereocenters. The van der Waals surface area contributed by atoms with E-state index in [-0.39, 0.29) is 5.41 Å². The van der Waals surface area contributed by atoms with Crippen molar-refractivity contribution >= 4 is 0 Å². The highest BCUT2D eigenvalue weighted by Crippen LogP contribution is 2.43. The van der Waals surface area contributed by atoms with Gasteiger partial charge in [-0.3, -0.25) is 0 Å². The van der Waals surface area contributed by atoms with Crippen LogP contribution in [0.4, 0.5) is 0 Å². The molecule has 0 bridgehead atoms. The summed E-state index contributed by atoms with van der Waals surface area (Å²) in [5, 5.41) is 10.6. The average molecular weight is 229 g/mol. The van der Waals surface area contributed by atoms with Crippen LogP contribution in [0.5, 0.6) is 0 Å². The molecule has 0 aliphatic heterocycles. The second kappa shape index (κ2) is 5.99. The first-order valence-electron chi connectivity index (χ1n) is 6.58. The molecule has 1 saturated carbocycles. The van der Waals surface area contributed by atoms with Crippen molar-refractivity contribution in [3.63, 3.8) is 0 Å². The Morgan fingerprint density at radius 3 is 2.25 bits per heavy atom. The molecule has 1 rings (SSSR count). The van der Waals surface area contributed by atoms with E-state index in [1.165, 1.54) is 25.7 Å². The Kier molecular flexibility index (Phi) is 5.22. The molecule has 0 saturated heterocycles. The quantitative estimate of drug-likeness (QED) is 0.710. The van der Waals surface area contributed by atoms with Gasteiger partial charge in [-0.15, -0.1) is 0 Å². The molecular weight excluding hydrogens is 202 g/mol. The SMILES string of the molecule is CCOCC(C)(O)C1(CN)CCCCCC1. The second-order valence-electron chi connectivity index (χ2n) is 5.31. The Hall–Kier alpha value is -0.120. The van der Waals surface area contributed by atoms with Crippen LogP contribution in [0.3, 0.4) is 0 Å². The van der Waals surface area contributed by atoms with E-state index in [0.29, 0.717) is 19.8 Å². The lowest BCUT2D eigenvalue weighted by Crippen LogP contribution is -2.53. The van der Waals surface area contributed by atoms with Crippen molar-refractivity contribution in [1.82, 2.24) is 0 Å². The minimum absolute atomic E-state index is 0.140. The predicted molar refractivity (Wildman–Crippen MR) is 66.3 cm³/mol. The molecule has 0 radical (unpaired) electrons. The number of rotatable bonds is 5. The van der Waals surface area contributed by atoms with Gasteiger partial charge in [0.2, 0.25) is 0 Å². The average Bonchev–Trinajstić information content (AvgIpc) is 2.52. The molecule has 3 nitrogen and oxygen atoms in total. The first kappa shape index (κ1) is 13.9. The van der Waals surface area contributed by atoms with Gasteiger partial charge in [-0.25, -0.2) is 0 Å². The van der Waals surface area contributed by atoms with Crippen LogP contribution in [0.15, 0.2) is 0 Å². The van der Waals surface area contributed by atoms with Crippen molar-refractivity contribution in [2.45, 2.75) is 58.0 Å². The maximum Gasteiger partial charge on any atom is 0.0919 e. The fourth-order valence-electron chi connectivity index (χ4n) is 2.82. The van der Waals surface area contributed by atoms with E-state index in [0.717, 1.165) is 12.8 Å². The van der Waals surface area contributed by atoms with Crippen LogP contribution in [-0.2, 0) is 4.74 Å². The minimum atomic E-state index is -0.790. The molecule has 1 aliphatic carbocycles. The van der Waals surface area contributed by atoms with Gasteiger partial charge in [0, 0.05) is 18.6 Å². The Bertz CT molecular complexity index is 196. The topological polar surface area (TPSA) is 55.5 Å². The van der Waals surface area contributed by atoms with Crippen molar-refractivity contribution in [2.75, 3.05) is 19.8 Å². The predicted octanol–water partition coefficient (Wildman–Crippen LogP) is 2.07. The summed E-state index contributed by atoms with van der Waals surface area (Å²) < 4.78 is 5.41. The van der Waals surface area contributed by atoms with Gasteiger partial charge in [-0.1, -0.05) is 25.7 Å². The summed E-state index contributed by atoms with van der Waals surface area (Å²) >= 11 is 0. The lowest BCUT2D eigenvalue weighted by molar-refractivity contribution is -0.122. The molecule has 0 aromatic heterocycles. The number of nitrogens with two attached hydrogens (primary N) is 1. The molecule has 0 amide bonds. The Balaban J connectivity index is 2.74. The summed E-state index contributed by atoms with van der Waals surface area (Å²) in [5.41, 5.74) is 5.02. The van der Waals surface area contributed by atoms with E-state index in [1.807, 2.05) is 13.8 Å². The first-order chi connectivity index (χ1) is 7.58. The van der Waals surface area contributed by atoms with Crippen LogP contribution in [0.1, 0.15) is 52.4 Å². The molecule has 0 aromatic rings. The van der Waals surface area contributed by atoms with E-state index in [9.17, 15) is 5.11 Å². The lowest BCUT2D eigenvalue weighted by Gasteiger charge is -2.44. The molecule has 1 aliphatic rings. The summed E-state index contributed by atoms with van der Waals surface area (Å²) in [4.78, 5) is 0. The largest absolute Gasteiger partial charge is 0.387 e. The molecule has 0 spiro atoms. The van der Waals surface area contributed by atoms with Gasteiger partial charge >= 0.3 is 0 Å². The lowest BCUT2D eigenvalue weighted by atomic mass is 9.68. The summed E-state index contributed by atoms with van der Waals surface area (Å²) in [6.07, 6.45) is 6.96. The smallest absolute Gasteiger partial charge is 0.0919 e. The highest BCUT2D eigenvalue weighted by atomic mass is 16.5. The first-order valence-corrected chi connectivity index (χ1v) is 6.58. The van der Waals surface area contributed by atoms with E-state index in [4.69, 9.17) is 10.5 Å².